The minimum atomic E-state index is 0.441. The fraction of sp³-hybridized carbons (Fsp3) is 0.857. The average Bonchev–Trinajstić information content (AvgIpc) is 2.31. The molecule has 3 unspecified atom stereocenters. The van der Waals surface area contributed by atoms with Gasteiger partial charge < -0.3 is 5.73 Å². The Balaban J connectivity index is 3.85. The number of allylic oxidation sites excluding steroid dienone is 1. The highest BCUT2D eigenvalue weighted by Gasteiger charge is 2.05. The van der Waals surface area contributed by atoms with Crippen molar-refractivity contribution in [1.82, 2.24) is 4.90 Å². The third-order valence-corrected chi connectivity index (χ3v) is 3.51. The summed E-state index contributed by atoms with van der Waals surface area (Å²) >= 11 is 0. The van der Waals surface area contributed by atoms with Crippen molar-refractivity contribution in [3.63, 3.8) is 0 Å². The Kier molecular flexibility index (Phi) is 8.58. The number of likely N-dealkylation sites (N-methyl/N-ethyl adjacent to an activating group) is 1. The van der Waals surface area contributed by atoms with Crippen molar-refractivity contribution in [1.29, 1.82) is 0 Å². The molecule has 0 amide bonds. The zero-order valence-corrected chi connectivity index (χ0v) is 11.7. The van der Waals surface area contributed by atoms with E-state index in [9.17, 15) is 0 Å². The second-order valence-electron chi connectivity index (χ2n) is 5.13. The van der Waals surface area contributed by atoms with Crippen LogP contribution < -0.4 is 5.73 Å². The lowest BCUT2D eigenvalue weighted by atomic mass is 9.96. The molecule has 0 aromatic heterocycles. The van der Waals surface area contributed by atoms with Crippen LogP contribution in [-0.2, 0) is 0 Å². The molecule has 0 aliphatic heterocycles. The molecular weight excluding hydrogens is 196 g/mol. The molecule has 96 valence electrons. The van der Waals surface area contributed by atoms with E-state index in [2.05, 4.69) is 51.8 Å². The topological polar surface area (TPSA) is 29.3 Å². The average molecular weight is 226 g/mol. The van der Waals surface area contributed by atoms with Gasteiger partial charge in [-0.05, 0) is 32.2 Å². The maximum absolute atomic E-state index is 5.59. The first-order chi connectivity index (χ1) is 7.51. The third kappa shape index (κ3) is 7.02. The molecule has 0 saturated heterocycles. The summed E-state index contributed by atoms with van der Waals surface area (Å²) in [5, 5.41) is 0. The summed E-state index contributed by atoms with van der Waals surface area (Å²) in [6, 6.07) is 0.441. The van der Waals surface area contributed by atoms with Crippen molar-refractivity contribution in [2.75, 3.05) is 13.7 Å². The molecule has 0 spiro atoms. The molecule has 0 fully saturated rings. The van der Waals surface area contributed by atoms with Crippen LogP contribution in [0, 0.1) is 11.8 Å². The summed E-state index contributed by atoms with van der Waals surface area (Å²) in [5.41, 5.74) is 5.59. The van der Waals surface area contributed by atoms with Crippen LogP contribution in [-0.4, -0.2) is 24.7 Å². The van der Waals surface area contributed by atoms with Gasteiger partial charge in [0.2, 0.25) is 0 Å². The van der Waals surface area contributed by atoms with Crippen LogP contribution >= 0.6 is 0 Å². The molecule has 16 heavy (non-hydrogen) atoms. The zero-order chi connectivity index (χ0) is 12.6. The zero-order valence-electron chi connectivity index (χ0n) is 11.7. The Morgan fingerprint density at radius 2 is 1.75 bits per heavy atom. The lowest BCUT2D eigenvalue weighted by Crippen LogP contribution is -2.32. The van der Waals surface area contributed by atoms with Crippen LogP contribution in [0.5, 0.6) is 0 Å². The molecule has 0 aromatic rings. The summed E-state index contributed by atoms with van der Waals surface area (Å²) in [6.07, 6.45) is 8.53. The molecule has 0 aliphatic carbocycles. The van der Waals surface area contributed by atoms with Crippen LogP contribution in [0.1, 0.15) is 47.0 Å². The standard InChI is InChI=1S/C14H30N2/c1-6-12(2)7-8-13(3)9-10-14(4)16(5)11-15/h9-10,12-14H,6-8,11,15H2,1-5H3/b10-9-. The van der Waals surface area contributed by atoms with E-state index in [0.717, 1.165) is 5.92 Å². The van der Waals surface area contributed by atoms with E-state index in [1.54, 1.807) is 0 Å². The maximum atomic E-state index is 5.59. The summed E-state index contributed by atoms with van der Waals surface area (Å²) in [6.45, 7) is 9.70. The Bertz CT molecular complexity index is 189. The van der Waals surface area contributed by atoms with Crippen LogP contribution in [0.15, 0.2) is 12.2 Å². The third-order valence-electron chi connectivity index (χ3n) is 3.51. The number of hydrogen-bond donors (Lipinski definition) is 1. The van der Waals surface area contributed by atoms with Gasteiger partial charge in [0.05, 0.1) is 0 Å². The van der Waals surface area contributed by atoms with Crippen molar-refractivity contribution in [2.45, 2.75) is 53.0 Å². The van der Waals surface area contributed by atoms with Crippen molar-refractivity contribution in [3.05, 3.63) is 12.2 Å². The van der Waals surface area contributed by atoms with Gasteiger partial charge in [-0.25, -0.2) is 0 Å². The maximum Gasteiger partial charge on any atom is 0.0457 e. The van der Waals surface area contributed by atoms with Crippen LogP contribution in [0.2, 0.25) is 0 Å². The largest absolute Gasteiger partial charge is 0.318 e. The van der Waals surface area contributed by atoms with Crippen LogP contribution in [0.4, 0.5) is 0 Å². The van der Waals surface area contributed by atoms with Crippen LogP contribution in [0.3, 0.4) is 0 Å². The van der Waals surface area contributed by atoms with E-state index in [-0.39, 0.29) is 0 Å². The van der Waals surface area contributed by atoms with E-state index in [4.69, 9.17) is 5.73 Å². The molecule has 0 aliphatic rings. The molecular formula is C14H30N2. The van der Waals surface area contributed by atoms with Gasteiger partial charge in [0.1, 0.15) is 0 Å². The normalized spacial score (nSPS) is 17.9. The first-order valence-electron chi connectivity index (χ1n) is 6.59. The highest BCUT2D eigenvalue weighted by molar-refractivity contribution is 4.93. The quantitative estimate of drug-likeness (QED) is 0.508. The number of rotatable bonds is 8. The number of nitrogens with zero attached hydrogens (tertiary/aromatic N) is 1. The van der Waals surface area contributed by atoms with Gasteiger partial charge in [0, 0.05) is 12.7 Å². The van der Waals surface area contributed by atoms with E-state index in [1.807, 2.05) is 0 Å². The van der Waals surface area contributed by atoms with E-state index in [0.29, 0.717) is 18.6 Å². The van der Waals surface area contributed by atoms with Gasteiger partial charge in [-0.3, -0.25) is 4.90 Å². The van der Waals surface area contributed by atoms with E-state index < -0.39 is 0 Å². The minimum absolute atomic E-state index is 0.441. The molecule has 3 atom stereocenters. The lowest BCUT2D eigenvalue weighted by molar-refractivity contribution is 0.305. The van der Waals surface area contributed by atoms with Crippen molar-refractivity contribution < 1.29 is 0 Å². The van der Waals surface area contributed by atoms with Gasteiger partial charge in [0.15, 0.2) is 0 Å². The van der Waals surface area contributed by atoms with Gasteiger partial charge in [-0.1, -0.05) is 45.8 Å². The van der Waals surface area contributed by atoms with E-state index in [1.165, 1.54) is 19.3 Å². The first kappa shape index (κ1) is 15.7. The van der Waals surface area contributed by atoms with Crippen molar-refractivity contribution in [2.24, 2.45) is 17.6 Å². The Labute approximate surface area is 102 Å². The second kappa shape index (κ2) is 8.77. The van der Waals surface area contributed by atoms with Gasteiger partial charge in [-0.2, -0.15) is 0 Å². The Morgan fingerprint density at radius 1 is 1.12 bits per heavy atom. The summed E-state index contributed by atoms with van der Waals surface area (Å²) in [4.78, 5) is 2.14. The molecule has 0 aromatic carbocycles. The molecule has 2 heteroatoms. The van der Waals surface area contributed by atoms with Crippen molar-refractivity contribution >= 4 is 0 Å². The molecule has 2 nitrogen and oxygen atoms in total. The highest BCUT2D eigenvalue weighted by Crippen LogP contribution is 2.16. The number of hydrogen-bond acceptors (Lipinski definition) is 2. The first-order valence-corrected chi connectivity index (χ1v) is 6.59. The number of nitrogens with two attached hydrogens (primary N) is 1. The molecule has 0 rings (SSSR count). The summed E-state index contributed by atoms with van der Waals surface area (Å²) < 4.78 is 0. The summed E-state index contributed by atoms with van der Waals surface area (Å²) in [5.74, 6) is 1.54. The Hall–Kier alpha value is -0.340. The Morgan fingerprint density at radius 3 is 2.25 bits per heavy atom. The monoisotopic (exact) mass is 226 g/mol. The van der Waals surface area contributed by atoms with Gasteiger partial charge in [-0.15, -0.1) is 0 Å². The highest BCUT2D eigenvalue weighted by atomic mass is 15.2. The van der Waals surface area contributed by atoms with Gasteiger partial charge in [0.25, 0.3) is 0 Å². The lowest BCUT2D eigenvalue weighted by Gasteiger charge is -2.20. The molecule has 0 saturated carbocycles. The second-order valence-corrected chi connectivity index (χ2v) is 5.13. The van der Waals surface area contributed by atoms with E-state index >= 15 is 0 Å². The predicted molar refractivity (Wildman–Crippen MR) is 73.3 cm³/mol. The molecule has 2 N–H and O–H groups in total. The SMILES string of the molecule is CCC(C)CCC(C)/C=C\C(C)N(C)CN. The fourth-order valence-electron chi connectivity index (χ4n) is 1.51. The van der Waals surface area contributed by atoms with Crippen LogP contribution in [0.25, 0.3) is 0 Å². The fourth-order valence-corrected chi connectivity index (χ4v) is 1.51. The molecule has 0 heterocycles. The van der Waals surface area contributed by atoms with Crippen molar-refractivity contribution in [3.8, 4) is 0 Å². The minimum Gasteiger partial charge on any atom is -0.318 e. The molecule has 0 radical (unpaired) electrons. The predicted octanol–water partition coefficient (Wildman–Crippen LogP) is 3.24. The summed E-state index contributed by atoms with van der Waals surface area (Å²) in [7, 11) is 2.05. The molecule has 0 bridgehead atoms. The van der Waals surface area contributed by atoms with Gasteiger partial charge >= 0.3 is 0 Å². The smallest absolute Gasteiger partial charge is 0.0457 e.